The SMILES string of the molecule is CCOCCOc1ccccc1OCC1CO1. The zero-order valence-electron chi connectivity index (χ0n) is 10.1. The first kappa shape index (κ1) is 12.2. The van der Waals surface area contributed by atoms with E-state index in [1.807, 2.05) is 31.2 Å². The van der Waals surface area contributed by atoms with Gasteiger partial charge in [0.05, 0.1) is 13.2 Å². The van der Waals surface area contributed by atoms with Gasteiger partial charge in [-0.05, 0) is 19.1 Å². The normalized spacial score (nSPS) is 17.8. The summed E-state index contributed by atoms with van der Waals surface area (Å²) >= 11 is 0. The molecule has 0 radical (unpaired) electrons. The fraction of sp³-hybridized carbons (Fsp3) is 0.538. The monoisotopic (exact) mass is 238 g/mol. The van der Waals surface area contributed by atoms with Crippen molar-refractivity contribution in [1.29, 1.82) is 0 Å². The molecule has 1 heterocycles. The molecule has 0 aromatic heterocycles. The van der Waals surface area contributed by atoms with Crippen LogP contribution in [0, 0.1) is 0 Å². The Morgan fingerprint density at radius 3 is 2.53 bits per heavy atom. The minimum absolute atomic E-state index is 0.256. The largest absolute Gasteiger partial charge is 0.487 e. The standard InChI is InChI=1S/C13H18O4/c1-2-14-7-8-15-12-5-3-4-6-13(12)17-10-11-9-16-11/h3-6,11H,2,7-10H2,1H3. The molecule has 1 aromatic carbocycles. The van der Waals surface area contributed by atoms with Crippen LogP contribution in [0.5, 0.6) is 11.5 Å². The summed E-state index contributed by atoms with van der Waals surface area (Å²) in [4.78, 5) is 0. The highest BCUT2D eigenvalue weighted by Crippen LogP contribution is 2.27. The summed E-state index contributed by atoms with van der Waals surface area (Å²) in [5.41, 5.74) is 0. The van der Waals surface area contributed by atoms with Gasteiger partial charge in [0.1, 0.15) is 19.3 Å². The third-order valence-corrected chi connectivity index (χ3v) is 2.37. The summed E-state index contributed by atoms with van der Waals surface area (Å²) in [5, 5.41) is 0. The second-order valence-corrected chi connectivity index (χ2v) is 3.76. The smallest absolute Gasteiger partial charge is 0.161 e. The molecule has 0 spiro atoms. The van der Waals surface area contributed by atoms with E-state index in [9.17, 15) is 0 Å². The Morgan fingerprint density at radius 1 is 1.18 bits per heavy atom. The Morgan fingerprint density at radius 2 is 1.88 bits per heavy atom. The van der Waals surface area contributed by atoms with Crippen LogP contribution in [-0.4, -0.2) is 39.1 Å². The highest BCUT2D eigenvalue weighted by molar-refractivity contribution is 5.39. The molecule has 0 aliphatic carbocycles. The molecule has 4 heteroatoms. The molecule has 1 aliphatic rings. The van der Waals surface area contributed by atoms with Crippen LogP contribution in [-0.2, 0) is 9.47 Å². The topological polar surface area (TPSA) is 40.2 Å². The minimum atomic E-state index is 0.256. The van der Waals surface area contributed by atoms with Gasteiger partial charge in [0.25, 0.3) is 0 Å². The number of rotatable bonds is 8. The van der Waals surface area contributed by atoms with Gasteiger partial charge in [-0.3, -0.25) is 0 Å². The van der Waals surface area contributed by atoms with Gasteiger partial charge < -0.3 is 18.9 Å². The lowest BCUT2D eigenvalue weighted by molar-refractivity contribution is 0.108. The maximum absolute atomic E-state index is 5.63. The van der Waals surface area contributed by atoms with Crippen LogP contribution in [0.3, 0.4) is 0 Å². The van der Waals surface area contributed by atoms with Crippen molar-refractivity contribution in [2.45, 2.75) is 13.0 Å². The van der Waals surface area contributed by atoms with Gasteiger partial charge in [-0.25, -0.2) is 0 Å². The van der Waals surface area contributed by atoms with Gasteiger partial charge in [0, 0.05) is 6.61 Å². The van der Waals surface area contributed by atoms with Crippen LogP contribution in [0.1, 0.15) is 6.92 Å². The van der Waals surface area contributed by atoms with E-state index >= 15 is 0 Å². The molecule has 0 N–H and O–H groups in total. The van der Waals surface area contributed by atoms with Crippen molar-refractivity contribution in [3.05, 3.63) is 24.3 Å². The summed E-state index contributed by atoms with van der Waals surface area (Å²) in [6.07, 6.45) is 0.256. The molecule has 17 heavy (non-hydrogen) atoms. The zero-order valence-corrected chi connectivity index (χ0v) is 10.1. The van der Waals surface area contributed by atoms with Gasteiger partial charge in [0.15, 0.2) is 11.5 Å². The molecular formula is C13H18O4. The van der Waals surface area contributed by atoms with Crippen LogP contribution in [0.2, 0.25) is 0 Å². The van der Waals surface area contributed by atoms with E-state index in [0.717, 1.165) is 18.1 Å². The van der Waals surface area contributed by atoms with Crippen LogP contribution in [0.4, 0.5) is 0 Å². The zero-order chi connectivity index (χ0) is 11.9. The molecule has 2 rings (SSSR count). The second-order valence-electron chi connectivity index (χ2n) is 3.76. The van der Waals surface area contributed by atoms with Crippen molar-refractivity contribution < 1.29 is 18.9 Å². The average Bonchev–Trinajstić information content (AvgIpc) is 3.17. The first-order valence-electron chi connectivity index (χ1n) is 5.94. The summed E-state index contributed by atoms with van der Waals surface area (Å²) in [7, 11) is 0. The van der Waals surface area contributed by atoms with Crippen LogP contribution < -0.4 is 9.47 Å². The summed E-state index contributed by atoms with van der Waals surface area (Å²) in [6.45, 7) is 5.19. The highest BCUT2D eigenvalue weighted by atomic mass is 16.6. The van der Waals surface area contributed by atoms with E-state index < -0.39 is 0 Å². The summed E-state index contributed by atoms with van der Waals surface area (Å²) < 4.78 is 21.5. The number of hydrogen-bond donors (Lipinski definition) is 0. The summed E-state index contributed by atoms with van der Waals surface area (Å²) in [5.74, 6) is 1.52. The molecule has 1 aliphatic heterocycles. The molecule has 4 nitrogen and oxygen atoms in total. The predicted molar refractivity (Wildman–Crippen MR) is 63.7 cm³/mol. The summed E-state index contributed by atoms with van der Waals surface area (Å²) in [6, 6.07) is 7.66. The maximum atomic E-state index is 5.63. The Balaban J connectivity index is 1.80. The average molecular weight is 238 g/mol. The second kappa shape index (κ2) is 6.47. The highest BCUT2D eigenvalue weighted by Gasteiger charge is 2.23. The molecule has 94 valence electrons. The third-order valence-electron chi connectivity index (χ3n) is 2.37. The Kier molecular flexibility index (Phi) is 4.64. The fourth-order valence-corrected chi connectivity index (χ4v) is 1.39. The Labute approximate surface area is 101 Å². The van der Waals surface area contributed by atoms with Crippen molar-refractivity contribution in [2.75, 3.05) is 33.0 Å². The van der Waals surface area contributed by atoms with Gasteiger partial charge in [-0.1, -0.05) is 12.1 Å². The lowest BCUT2D eigenvalue weighted by atomic mass is 10.3. The van der Waals surface area contributed by atoms with Gasteiger partial charge in [-0.2, -0.15) is 0 Å². The van der Waals surface area contributed by atoms with Gasteiger partial charge in [0.2, 0.25) is 0 Å². The number of para-hydroxylation sites is 2. The lowest BCUT2D eigenvalue weighted by Crippen LogP contribution is -2.09. The first-order chi connectivity index (χ1) is 8.40. The minimum Gasteiger partial charge on any atom is -0.487 e. The van der Waals surface area contributed by atoms with Crippen molar-refractivity contribution >= 4 is 0 Å². The van der Waals surface area contributed by atoms with E-state index in [2.05, 4.69) is 0 Å². The lowest BCUT2D eigenvalue weighted by Gasteiger charge is -2.11. The molecule has 1 saturated heterocycles. The van der Waals surface area contributed by atoms with Crippen molar-refractivity contribution in [1.82, 2.24) is 0 Å². The van der Waals surface area contributed by atoms with E-state index in [-0.39, 0.29) is 6.10 Å². The van der Waals surface area contributed by atoms with Crippen LogP contribution >= 0.6 is 0 Å². The quantitative estimate of drug-likeness (QED) is 0.512. The van der Waals surface area contributed by atoms with E-state index in [0.29, 0.717) is 26.4 Å². The molecular weight excluding hydrogens is 220 g/mol. The Hall–Kier alpha value is -1.26. The van der Waals surface area contributed by atoms with E-state index in [1.165, 1.54) is 0 Å². The van der Waals surface area contributed by atoms with Crippen molar-refractivity contribution in [3.8, 4) is 11.5 Å². The van der Waals surface area contributed by atoms with Crippen LogP contribution in [0.25, 0.3) is 0 Å². The number of epoxide rings is 1. The number of hydrogen-bond acceptors (Lipinski definition) is 4. The van der Waals surface area contributed by atoms with E-state index in [4.69, 9.17) is 18.9 Å². The van der Waals surface area contributed by atoms with Gasteiger partial charge >= 0.3 is 0 Å². The fourth-order valence-electron chi connectivity index (χ4n) is 1.39. The third kappa shape index (κ3) is 4.24. The number of ether oxygens (including phenoxy) is 4. The molecule has 1 unspecified atom stereocenters. The molecule has 0 saturated carbocycles. The molecule has 1 fully saturated rings. The first-order valence-corrected chi connectivity index (χ1v) is 5.94. The molecule has 1 aromatic rings. The van der Waals surface area contributed by atoms with Crippen LogP contribution in [0.15, 0.2) is 24.3 Å². The molecule has 1 atom stereocenters. The predicted octanol–water partition coefficient (Wildman–Crippen LogP) is 1.88. The molecule has 0 bridgehead atoms. The van der Waals surface area contributed by atoms with Crippen molar-refractivity contribution in [2.24, 2.45) is 0 Å². The molecule has 0 amide bonds. The Bertz CT molecular complexity index is 336. The van der Waals surface area contributed by atoms with Gasteiger partial charge in [-0.15, -0.1) is 0 Å². The number of benzene rings is 1. The van der Waals surface area contributed by atoms with E-state index in [1.54, 1.807) is 0 Å². The van der Waals surface area contributed by atoms with Crippen molar-refractivity contribution in [3.63, 3.8) is 0 Å². The maximum Gasteiger partial charge on any atom is 0.161 e.